The molecule has 5 aromatic heterocycles. The van der Waals surface area contributed by atoms with E-state index >= 15 is 0 Å². The number of nitrogens with one attached hydrogen (secondary N) is 1. The Labute approximate surface area is 903 Å². The third-order valence-electron chi connectivity index (χ3n) is 19.3. The number of carbonyl (C=O) groups excluding carboxylic acids is 1. The quantitative estimate of drug-likeness (QED) is 0.0114. The summed E-state index contributed by atoms with van der Waals surface area (Å²) in [6.45, 7) is 17.8. The van der Waals surface area contributed by atoms with Crippen LogP contribution in [0.2, 0.25) is 5.28 Å². The van der Waals surface area contributed by atoms with Crippen molar-refractivity contribution in [1.29, 1.82) is 0 Å². The van der Waals surface area contributed by atoms with Gasteiger partial charge in [-0.3, -0.25) is 35.1 Å². The predicted octanol–water partition coefficient (Wildman–Crippen LogP) is 17.5. The topological polar surface area (TPSA) is 436 Å². The third kappa shape index (κ3) is 41.6. The molecule has 5 N–H and O–H groups in total. The number of carbonyl (C=O) groups is 1. The molecule has 0 spiro atoms. The monoisotopic (exact) mass is 2120 g/mol. The van der Waals surface area contributed by atoms with Crippen LogP contribution in [0.5, 0.6) is 46.0 Å². The molecule has 36 heteroatoms. The first-order valence-electron chi connectivity index (χ1n) is 42.4. The van der Waals surface area contributed by atoms with E-state index in [9.17, 15) is 40.2 Å². The third-order valence-corrected chi connectivity index (χ3v) is 20.3. The van der Waals surface area contributed by atoms with Crippen LogP contribution in [0.15, 0.2) is 247 Å². The van der Waals surface area contributed by atoms with E-state index in [0.29, 0.717) is 111 Å². The number of amides is 1. The largest absolute Gasteiger partial charge is 1.00 e. The number of methoxy groups -OCH3 is 8. The van der Waals surface area contributed by atoms with Crippen molar-refractivity contribution in [3.8, 4) is 93.9 Å². The van der Waals surface area contributed by atoms with Gasteiger partial charge in [0.15, 0.2) is 0 Å². The molecule has 0 bridgehead atoms. The first-order chi connectivity index (χ1) is 67.4. The Kier molecular flexibility index (Phi) is 52.4. The normalized spacial score (nSPS) is 9.72. The summed E-state index contributed by atoms with van der Waals surface area (Å²) >= 11 is 11.8. The Bertz CT molecular complexity index is 6760. The van der Waals surface area contributed by atoms with Gasteiger partial charge in [-0.2, -0.15) is 0 Å². The van der Waals surface area contributed by atoms with E-state index in [2.05, 4.69) is 135 Å². The Balaban J connectivity index is 0.000000359. The number of hydrogen-bond acceptors (Lipinski definition) is 28. The number of nitro groups is 3. The fraction of sp³-hybridized carbons (Fsp3) is 0.213. The van der Waals surface area contributed by atoms with Crippen molar-refractivity contribution in [3.05, 3.63) is 395 Å². The minimum Gasteiger partial charge on any atom is -0.850 e. The molecule has 0 aliphatic rings. The zero-order valence-electron chi connectivity index (χ0n) is 81.2. The van der Waals surface area contributed by atoms with Gasteiger partial charge in [-0.25, -0.2) is 49.8 Å². The summed E-state index contributed by atoms with van der Waals surface area (Å²) in [4.78, 5) is 85.0. The van der Waals surface area contributed by atoms with Gasteiger partial charge in [-0.1, -0.05) is 144 Å². The van der Waals surface area contributed by atoms with Crippen molar-refractivity contribution >= 4 is 83.5 Å². The molecule has 0 radical (unpaired) electrons. The minimum atomic E-state index is -0.750. The van der Waals surface area contributed by atoms with Gasteiger partial charge in [-0.15, -0.1) is 12.0 Å². The number of aromatic nitrogens is 10. The summed E-state index contributed by atoms with van der Waals surface area (Å²) in [6.07, 6.45) is 24.7. The molecular formula is C108H110Br2ClKN16O16. The number of benzene rings is 9. The number of para-hydroxylation sites is 1. The number of anilines is 3. The maximum absolute atomic E-state index is 11.7. The first-order valence-corrected chi connectivity index (χ1v) is 44.3. The van der Waals surface area contributed by atoms with Crippen LogP contribution in [0.25, 0.3) is 0 Å². The van der Waals surface area contributed by atoms with Gasteiger partial charge < -0.3 is 59.8 Å². The molecule has 740 valence electrons. The number of nitrogen functional groups attached to an aromatic ring is 2. The maximum Gasteiger partial charge on any atom is 1.00 e. The molecule has 0 fully saturated rings. The Morgan fingerprint density at radius 2 is 0.653 bits per heavy atom. The second kappa shape index (κ2) is 62.2. The molecule has 0 aliphatic carbocycles. The number of halogens is 3. The van der Waals surface area contributed by atoms with Crippen molar-refractivity contribution in [2.45, 2.75) is 102 Å². The van der Waals surface area contributed by atoms with Gasteiger partial charge in [0.1, 0.15) is 75.0 Å². The zero-order chi connectivity index (χ0) is 103. The van der Waals surface area contributed by atoms with Gasteiger partial charge in [-0.05, 0) is 184 Å². The SMILES string of the molecule is C.C.C#Cc1cc(OC)cc(OC)c1.C=CC(=O)Nc1cccc(C)c1Cc1ncc(C#Cc2cc(OC)cc(OC)c2)cn1.CC(C)(C)[O-].COc1cc(C#Cc2cnc(Cc3c(C)cccc3N)nc2)cc(OC)c1.COc1cc(C#Cc2cnc(Cc3c(C)cccc3[N+](=O)[O-])nc2)cc(OC)c1.Cc1cccc([N+](=O)[O-])c1Cc1ncc(Br)cn1.Cc1cccc([N+](=O)[O-])c1N.Clc1ncc(Br)cn1.[K+]. The number of ether oxygens (including phenoxy) is 8. The molecular weight excluding hydrogens is 2010 g/mol. The fourth-order valence-corrected chi connectivity index (χ4v) is 12.6. The summed E-state index contributed by atoms with van der Waals surface area (Å²) in [5, 5.41) is 45.7. The van der Waals surface area contributed by atoms with Gasteiger partial charge in [0.2, 0.25) is 11.2 Å². The summed E-state index contributed by atoms with van der Waals surface area (Å²) in [5.74, 6) is 28.5. The Hall–Kier alpha value is -15.1. The van der Waals surface area contributed by atoms with Crippen LogP contribution in [-0.2, 0) is 30.5 Å². The molecule has 9 aromatic carbocycles. The van der Waals surface area contributed by atoms with Crippen molar-refractivity contribution in [3.63, 3.8) is 0 Å². The van der Waals surface area contributed by atoms with E-state index in [1.54, 1.807) is 207 Å². The number of terminal acetylenes is 1. The standard InChI is InChI=1S/C25H23N3O3.C22H19N3O4.C22H21N3O2.C12H10BrN3O2.C10H10O2.C7H8N2O2.C4H2BrClN2.C4H9O.2CH4.K/c1-5-25(29)28-23-8-6-7-17(2)22(23)14-24-26-15-19(16-27-24)10-9-18-11-20(30-3)13-21(12-18)31-4;1-15-5-4-6-21(25(26)27)20(15)12-22-23-13-17(14-24-22)8-7-16-9-18(28-2)11-19(10-16)29-3;1-15-5-4-6-21(23)20(15)12-22-24-13-17(14-25-22)8-7-16-9-18(26-2)11-19(10-16)27-3;1-8-3-2-4-11(16(17)18)10(8)5-12-14-6-9(13)7-15-12;1-4-8-5-9(11-2)7-10(6-8)12-3;1-5-3-2-4-6(7(5)8)9(10)11;5-3-1-7-4(6)8-2-3;1-4(2,3)5;;;/h5-8,11-13,15-16H,1,14H2,2-4H3,(H,28,29);4-6,9-11,13-14H,12H2,1-3H3;4-6,9-11,13-14H,12,23H2,1-3H3;2-4,6-7H,5H2,1H3;1,5-7H,2-3H3;2-4H,8H2,1H3;1-2H;1-3H3;2*1H4;/q;;;;;;;-1;;;+1. The minimum absolute atomic E-state index is 0. The second-order valence-corrected chi connectivity index (χ2v) is 32.8. The van der Waals surface area contributed by atoms with Crippen molar-refractivity contribution in [2.24, 2.45) is 0 Å². The maximum atomic E-state index is 11.7. The average Bonchev–Trinajstić information content (AvgIpc) is 0.801. The van der Waals surface area contributed by atoms with Crippen LogP contribution < -0.4 is 111 Å². The smallest absolute Gasteiger partial charge is 0.850 e. The molecule has 0 saturated carbocycles. The molecule has 0 atom stereocenters. The van der Waals surface area contributed by atoms with Crippen LogP contribution in [0.4, 0.5) is 34.1 Å². The number of nitrogens with zero attached hydrogens (tertiary/aromatic N) is 13. The molecule has 0 aliphatic heterocycles. The summed E-state index contributed by atoms with van der Waals surface area (Å²) in [5.41, 5.74) is 25.7. The van der Waals surface area contributed by atoms with Crippen molar-refractivity contribution < 1.29 is 114 Å². The van der Waals surface area contributed by atoms with Gasteiger partial charge in [0.25, 0.3) is 17.1 Å². The molecule has 5 heterocycles. The van der Waals surface area contributed by atoms with E-state index in [4.69, 9.17) is 67.4 Å². The zero-order valence-corrected chi connectivity index (χ0v) is 88.2. The average molecular weight is 2120 g/mol. The van der Waals surface area contributed by atoms with Crippen LogP contribution in [0.3, 0.4) is 0 Å². The molecule has 1 amide bonds. The number of nitrogens with two attached hydrogens (primary N) is 2. The van der Waals surface area contributed by atoms with Crippen molar-refractivity contribution in [1.82, 2.24) is 49.8 Å². The van der Waals surface area contributed by atoms with E-state index in [1.807, 2.05) is 113 Å². The van der Waals surface area contributed by atoms with E-state index < -0.39 is 10.5 Å². The van der Waals surface area contributed by atoms with Gasteiger partial charge >= 0.3 is 51.4 Å². The Morgan fingerprint density at radius 3 is 0.938 bits per heavy atom. The van der Waals surface area contributed by atoms with Crippen LogP contribution in [0, 0.1) is 113 Å². The first kappa shape index (κ1) is 121. The Morgan fingerprint density at radius 1 is 0.403 bits per heavy atom. The molecule has 14 aromatic rings. The summed E-state index contributed by atoms with van der Waals surface area (Å²) < 4.78 is 43.2. The molecule has 32 nitrogen and oxygen atoms in total. The van der Waals surface area contributed by atoms with Crippen molar-refractivity contribution in [2.75, 3.05) is 73.7 Å². The van der Waals surface area contributed by atoms with Gasteiger partial charge in [0.05, 0.1) is 97.3 Å². The van der Waals surface area contributed by atoms with E-state index in [-0.39, 0.29) is 116 Å². The number of aryl methyl sites for hydroxylation is 5. The number of hydrogen-bond donors (Lipinski definition) is 3. The molecule has 144 heavy (non-hydrogen) atoms. The summed E-state index contributed by atoms with van der Waals surface area (Å²) in [6, 6.07) is 48.1. The molecule has 0 unspecified atom stereocenters. The van der Waals surface area contributed by atoms with E-state index in [1.165, 1.54) is 24.3 Å². The number of nitro benzene ring substituents is 3. The molecule has 0 saturated heterocycles. The van der Waals surface area contributed by atoms with Crippen LogP contribution in [0.1, 0.15) is 148 Å². The van der Waals surface area contributed by atoms with Crippen LogP contribution >= 0.6 is 43.5 Å². The van der Waals surface area contributed by atoms with Crippen LogP contribution in [-0.4, -0.2) is 133 Å². The number of rotatable bonds is 21. The predicted molar refractivity (Wildman–Crippen MR) is 563 cm³/mol. The fourth-order valence-electron chi connectivity index (χ4n) is 12.1. The molecule has 14 rings (SSSR count). The second-order valence-electron chi connectivity index (χ2n) is 30.6. The van der Waals surface area contributed by atoms with E-state index in [0.717, 1.165) is 87.1 Å². The summed E-state index contributed by atoms with van der Waals surface area (Å²) in [7, 11) is 12.8. The van der Waals surface area contributed by atoms with Gasteiger partial charge in [0, 0.05) is 175 Å².